The van der Waals surface area contributed by atoms with Crippen LogP contribution < -0.4 is 11.3 Å². The Bertz CT molecular complexity index is 1090. The zero-order valence-electron chi connectivity index (χ0n) is 16.0. The van der Waals surface area contributed by atoms with Crippen molar-refractivity contribution in [2.75, 3.05) is 18.2 Å². The van der Waals surface area contributed by atoms with Gasteiger partial charge in [0.25, 0.3) is 5.56 Å². The SMILES string of the molecule is CSc1nc(N)nc(-c2ccc(S(C)=O)cc2)c1-c1ccc(=O)n(C(C)C)n1. The normalized spacial score (nSPS) is 12.3. The molecule has 0 bridgehead atoms. The van der Waals surface area contributed by atoms with Crippen molar-refractivity contribution in [3.05, 3.63) is 46.8 Å². The summed E-state index contributed by atoms with van der Waals surface area (Å²) in [6, 6.07) is 10.4. The lowest BCUT2D eigenvalue weighted by Crippen LogP contribution is -2.24. The van der Waals surface area contributed by atoms with Crippen LogP contribution in [0.3, 0.4) is 0 Å². The number of hydrogen-bond acceptors (Lipinski definition) is 7. The molecule has 0 spiro atoms. The van der Waals surface area contributed by atoms with Gasteiger partial charge in [-0.3, -0.25) is 9.00 Å². The molecule has 0 aliphatic heterocycles. The van der Waals surface area contributed by atoms with Gasteiger partial charge in [0.15, 0.2) is 0 Å². The molecule has 146 valence electrons. The standard InChI is InChI=1S/C19H21N5O2S2/c1-11(2)24-15(25)10-9-14(23-24)16-17(21-19(20)22-18(16)27-3)12-5-7-13(8-6-12)28(4)26/h5-11H,1-4H3,(H2,20,21,22). The van der Waals surface area contributed by atoms with E-state index in [-0.39, 0.29) is 17.5 Å². The second-order valence-corrected chi connectivity index (χ2v) is 8.56. The molecule has 0 saturated heterocycles. The van der Waals surface area contributed by atoms with Crippen molar-refractivity contribution in [1.82, 2.24) is 19.7 Å². The second kappa shape index (κ2) is 8.24. The van der Waals surface area contributed by atoms with Crippen molar-refractivity contribution in [2.45, 2.75) is 29.8 Å². The molecule has 9 heteroatoms. The minimum atomic E-state index is -1.07. The van der Waals surface area contributed by atoms with Gasteiger partial charge in [-0.05, 0) is 38.3 Å². The van der Waals surface area contributed by atoms with Gasteiger partial charge in [-0.2, -0.15) is 5.10 Å². The number of hydrogen-bond donors (Lipinski definition) is 1. The molecule has 2 heterocycles. The minimum Gasteiger partial charge on any atom is -0.368 e. The van der Waals surface area contributed by atoms with Gasteiger partial charge in [0, 0.05) is 33.6 Å². The van der Waals surface area contributed by atoms with Crippen LogP contribution in [0.5, 0.6) is 0 Å². The first kappa shape index (κ1) is 20.2. The first-order valence-electron chi connectivity index (χ1n) is 8.57. The number of rotatable bonds is 5. The number of anilines is 1. The number of benzene rings is 1. The molecule has 0 amide bonds. The molecule has 0 fully saturated rings. The van der Waals surface area contributed by atoms with Crippen LogP contribution in [0.15, 0.2) is 51.1 Å². The number of nitrogen functional groups attached to an aromatic ring is 1. The van der Waals surface area contributed by atoms with Crippen molar-refractivity contribution in [3.63, 3.8) is 0 Å². The van der Waals surface area contributed by atoms with E-state index < -0.39 is 10.8 Å². The highest BCUT2D eigenvalue weighted by molar-refractivity contribution is 7.98. The van der Waals surface area contributed by atoms with Crippen LogP contribution >= 0.6 is 11.8 Å². The molecule has 1 atom stereocenters. The van der Waals surface area contributed by atoms with Crippen LogP contribution in [0.1, 0.15) is 19.9 Å². The fourth-order valence-electron chi connectivity index (χ4n) is 2.78. The van der Waals surface area contributed by atoms with Crippen LogP contribution in [0.25, 0.3) is 22.5 Å². The van der Waals surface area contributed by atoms with Gasteiger partial charge in [0.2, 0.25) is 5.95 Å². The Morgan fingerprint density at radius 3 is 2.36 bits per heavy atom. The van der Waals surface area contributed by atoms with Crippen LogP contribution in [-0.2, 0) is 10.8 Å². The third-order valence-electron chi connectivity index (χ3n) is 4.12. The van der Waals surface area contributed by atoms with E-state index in [2.05, 4.69) is 15.1 Å². The molecule has 28 heavy (non-hydrogen) atoms. The zero-order valence-corrected chi connectivity index (χ0v) is 17.7. The first-order valence-corrected chi connectivity index (χ1v) is 11.4. The topological polar surface area (TPSA) is 104 Å². The van der Waals surface area contributed by atoms with Gasteiger partial charge in [0.1, 0.15) is 5.03 Å². The molecule has 0 aliphatic rings. The fraction of sp³-hybridized carbons (Fsp3) is 0.263. The largest absolute Gasteiger partial charge is 0.368 e. The lowest BCUT2D eigenvalue weighted by molar-refractivity contribution is 0.504. The van der Waals surface area contributed by atoms with Crippen LogP contribution in [0, 0.1) is 0 Å². The van der Waals surface area contributed by atoms with Gasteiger partial charge < -0.3 is 5.73 Å². The highest BCUT2D eigenvalue weighted by atomic mass is 32.2. The molecule has 3 rings (SSSR count). The van der Waals surface area contributed by atoms with Gasteiger partial charge in [-0.1, -0.05) is 12.1 Å². The lowest BCUT2D eigenvalue weighted by atomic mass is 10.0. The number of thioether (sulfide) groups is 1. The van der Waals surface area contributed by atoms with E-state index in [0.29, 0.717) is 22.0 Å². The summed E-state index contributed by atoms with van der Waals surface area (Å²) < 4.78 is 13.1. The Morgan fingerprint density at radius 1 is 1.11 bits per heavy atom. The zero-order chi connectivity index (χ0) is 20.4. The van der Waals surface area contributed by atoms with Crippen LogP contribution in [0.4, 0.5) is 5.95 Å². The fourth-order valence-corrected chi connectivity index (χ4v) is 3.89. The Kier molecular flexibility index (Phi) is 5.95. The van der Waals surface area contributed by atoms with Crippen molar-refractivity contribution < 1.29 is 4.21 Å². The molecule has 1 aromatic carbocycles. The van der Waals surface area contributed by atoms with E-state index in [1.807, 2.05) is 32.2 Å². The predicted molar refractivity (Wildman–Crippen MR) is 114 cm³/mol. The van der Waals surface area contributed by atoms with E-state index in [0.717, 1.165) is 10.5 Å². The molecule has 2 aromatic heterocycles. The van der Waals surface area contributed by atoms with Gasteiger partial charge in [0.05, 0.1) is 23.0 Å². The number of aromatic nitrogens is 4. The predicted octanol–water partition coefficient (Wildman–Crippen LogP) is 2.99. The second-order valence-electron chi connectivity index (χ2n) is 6.39. The summed E-state index contributed by atoms with van der Waals surface area (Å²) in [5.74, 6) is 0.156. The average Bonchev–Trinajstić information content (AvgIpc) is 2.67. The Balaban J connectivity index is 2.27. The quantitative estimate of drug-likeness (QED) is 0.504. The summed E-state index contributed by atoms with van der Waals surface area (Å²) >= 11 is 1.43. The Labute approximate surface area is 169 Å². The summed E-state index contributed by atoms with van der Waals surface area (Å²) in [6.45, 7) is 3.80. The monoisotopic (exact) mass is 415 g/mol. The van der Waals surface area contributed by atoms with E-state index in [9.17, 15) is 9.00 Å². The van der Waals surface area contributed by atoms with Gasteiger partial charge in [-0.25, -0.2) is 14.6 Å². The van der Waals surface area contributed by atoms with Crippen molar-refractivity contribution in [2.24, 2.45) is 0 Å². The Hall–Kier alpha value is -2.52. The third-order valence-corrected chi connectivity index (χ3v) is 5.73. The minimum absolute atomic E-state index is 0.0813. The van der Waals surface area contributed by atoms with E-state index in [1.54, 1.807) is 24.5 Å². The highest BCUT2D eigenvalue weighted by Crippen LogP contribution is 2.36. The first-order chi connectivity index (χ1) is 13.3. The summed E-state index contributed by atoms with van der Waals surface area (Å²) in [5, 5.41) is 5.21. The molecule has 0 saturated carbocycles. The van der Waals surface area contributed by atoms with Crippen LogP contribution in [0.2, 0.25) is 0 Å². The molecular weight excluding hydrogens is 394 g/mol. The maximum absolute atomic E-state index is 12.1. The van der Waals surface area contributed by atoms with Crippen molar-refractivity contribution in [3.8, 4) is 22.5 Å². The smallest absolute Gasteiger partial charge is 0.267 e. The lowest BCUT2D eigenvalue weighted by Gasteiger charge is -2.15. The summed E-state index contributed by atoms with van der Waals surface area (Å²) in [7, 11) is -1.07. The number of nitrogens with two attached hydrogens (primary N) is 1. The molecule has 2 N–H and O–H groups in total. The van der Waals surface area contributed by atoms with Gasteiger partial charge >= 0.3 is 0 Å². The average molecular weight is 416 g/mol. The molecule has 0 radical (unpaired) electrons. The summed E-state index contributed by atoms with van der Waals surface area (Å²) in [6.07, 6.45) is 3.53. The van der Waals surface area contributed by atoms with E-state index in [4.69, 9.17) is 5.73 Å². The molecule has 3 aromatic rings. The van der Waals surface area contributed by atoms with E-state index in [1.165, 1.54) is 22.5 Å². The third kappa shape index (κ3) is 4.00. The van der Waals surface area contributed by atoms with Crippen molar-refractivity contribution in [1.29, 1.82) is 0 Å². The van der Waals surface area contributed by atoms with Gasteiger partial charge in [-0.15, -0.1) is 11.8 Å². The maximum atomic E-state index is 12.1. The highest BCUT2D eigenvalue weighted by Gasteiger charge is 2.19. The maximum Gasteiger partial charge on any atom is 0.267 e. The summed E-state index contributed by atoms with van der Waals surface area (Å²) in [4.78, 5) is 21.7. The van der Waals surface area contributed by atoms with E-state index >= 15 is 0 Å². The molecule has 1 unspecified atom stereocenters. The molecule has 7 nitrogen and oxygen atoms in total. The molecule has 0 aliphatic carbocycles. The Morgan fingerprint density at radius 2 is 1.79 bits per heavy atom. The van der Waals surface area contributed by atoms with Crippen LogP contribution in [-0.4, -0.2) is 36.5 Å². The number of nitrogens with zero attached hydrogens (tertiary/aromatic N) is 4. The summed E-state index contributed by atoms with van der Waals surface area (Å²) in [5.41, 5.74) is 8.49. The molecular formula is C19H21N5O2S2. The van der Waals surface area contributed by atoms with Crippen molar-refractivity contribution >= 4 is 28.5 Å².